The standard InChI is InChI=1S/C17H16F2N2O3/c1-9-5-3-6-10-13(9)20-15(21-16(10)22)11-7-4-8-12(23-2)14(11)24-17(18)19/h3-8,15,17,20H,1-2H3,(H,21,22)/t15-/m1/s1. The lowest BCUT2D eigenvalue weighted by atomic mass is 10.0. The van der Waals surface area contributed by atoms with E-state index >= 15 is 0 Å². The van der Waals surface area contributed by atoms with E-state index in [0.717, 1.165) is 5.56 Å². The Morgan fingerprint density at radius 2 is 1.88 bits per heavy atom. The first kappa shape index (κ1) is 16.0. The zero-order valence-electron chi connectivity index (χ0n) is 13.1. The van der Waals surface area contributed by atoms with Gasteiger partial charge in [0, 0.05) is 5.56 Å². The smallest absolute Gasteiger partial charge is 0.387 e. The second-order valence-electron chi connectivity index (χ2n) is 5.31. The number of alkyl halides is 2. The number of amides is 1. The maximum Gasteiger partial charge on any atom is 0.387 e. The summed E-state index contributed by atoms with van der Waals surface area (Å²) in [7, 11) is 1.36. The molecule has 3 rings (SSSR count). The zero-order chi connectivity index (χ0) is 17.3. The average molecular weight is 334 g/mol. The van der Waals surface area contributed by atoms with Crippen LogP contribution in [0, 0.1) is 6.92 Å². The molecule has 126 valence electrons. The maximum absolute atomic E-state index is 12.8. The van der Waals surface area contributed by atoms with Gasteiger partial charge >= 0.3 is 6.61 Å². The summed E-state index contributed by atoms with van der Waals surface area (Å²) in [6, 6.07) is 10.1. The molecular formula is C17H16F2N2O3. The molecule has 2 aromatic rings. The average Bonchev–Trinajstić information content (AvgIpc) is 2.55. The summed E-state index contributed by atoms with van der Waals surface area (Å²) in [5, 5.41) is 5.92. The Kier molecular flexibility index (Phi) is 4.24. The number of anilines is 1. The number of fused-ring (bicyclic) bond motifs is 1. The highest BCUT2D eigenvalue weighted by atomic mass is 19.3. The zero-order valence-corrected chi connectivity index (χ0v) is 13.1. The highest BCUT2D eigenvalue weighted by molar-refractivity contribution is 6.02. The number of hydrogen-bond donors (Lipinski definition) is 2. The van der Waals surface area contributed by atoms with Crippen LogP contribution < -0.4 is 20.1 Å². The van der Waals surface area contributed by atoms with Crippen LogP contribution in [0.15, 0.2) is 36.4 Å². The van der Waals surface area contributed by atoms with E-state index in [4.69, 9.17) is 4.74 Å². The van der Waals surface area contributed by atoms with E-state index in [-0.39, 0.29) is 17.4 Å². The first-order valence-corrected chi connectivity index (χ1v) is 7.30. The summed E-state index contributed by atoms with van der Waals surface area (Å²) >= 11 is 0. The van der Waals surface area contributed by atoms with E-state index in [9.17, 15) is 13.6 Å². The van der Waals surface area contributed by atoms with Gasteiger partial charge in [0.25, 0.3) is 5.91 Å². The van der Waals surface area contributed by atoms with E-state index in [1.165, 1.54) is 13.2 Å². The minimum absolute atomic E-state index is 0.107. The van der Waals surface area contributed by atoms with Crippen LogP contribution in [0.3, 0.4) is 0 Å². The summed E-state index contributed by atoms with van der Waals surface area (Å²) in [6.45, 7) is -1.14. The highest BCUT2D eigenvalue weighted by Gasteiger charge is 2.29. The minimum atomic E-state index is -3.01. The fourth-order valence-corrected chi connectivity index (χ4v) is 2.73. The lowest BCUT2D eigenvalue weighted by Crippen LogP contribution is -2.39. The molecule has 0 saturated carbocycles. The molecule has 0 spiro atoms. The summed E-state index contributed by atoms with van der Waals surface area (Å²) in [5.74, 6) is -0.229. The molecule has 7 heteroatoms. The normalized spacial score (nSPS) is 16.2. The SMILES string of the molecule is COc1cccc([C@H]2NC(=O)c3cccc(C)c3N2)c1OC(F)F. The van der Waals surface area contributed by atoms with E-state index in [1.54, 1.807) is 24.3 Å². The molecule has 1 aliphatic rings. The van der Waals surface area contributed by atoms with Crippen LogP contribution in [-0.2, 0) is 0 Å². The Hall–Kier alpha value is -2.83. The predicted octanol–water partition coefficient (Wildman–Crippen LogP) is 3.46. The maximum atomic E-state index is 12.8. The summed E-state index contributed by atoms with van der Waals surface area (Å²) in [4.78, 5) is 12.3. The molecule has 0 aliphatic carbocycles. The van der Waals surface area contributed by atoms with Gasteiger partial charge in [-0.15, -0.1) is 0 Å². The lowest BCUT2D eigenvalue weighted by molar-refractivity contribution is -0.0520. The quantitative estimate of drug-likeness (QED) is 0.899. The van der Waals surface area contributed by atoms with E-state index in [0.29, 0.717) is 16.8 Å². The molecular weight excluding hydrogens is 318 g/mol. The molecule has 0 saturated heterocycles. The van der Waals surface area contributed by atoms with Crippen molar-refractivity contribution in [2.75, 3.05) is 12.4 Å². The number of methoxy groups -OCH3 is 1. The fraction of sp³-hybridized carbons (Fsp3) is 0.235. The second-order valence-corrected chi connectivity index (χ2v) is 5.31. The Morgan fingerprint density at radius 1 is 1.12 bits per heavy atom. The van der Waals surface area contributed by atoms with Crippen LogP contribution in [0.1, 0.15) is 27.7 Å². The Balaban J connectivity index is 2.04. The van der Waals surface area contributed by atoms with Crippen LogP contribution in [0.5, 0.6) is 11.5 Å². The Bertz CT molecular complexity index is 780. The van der Waals surface area contributed by atoms with E-state index in [1.807, 2.05) is 13.0 Å². The number of para-hydroxylation sites is 2. The van der Waals surface area contributed by atoms with Gasteiger partial charge in [0.15, 0.2) is 11.5 Å². The van der Waals surface area contributed by atoms with Crippen molar-refractivity contribution in [3.63, 3.8) is 0 Å². The first-order chi connectivity index (χ1) is 11.5. The van der Waals surface area contributed by atoms with Gasteiger partial charge < -0.3 is 20.1 Å². The van der Waals surface area contributed by atoms with Crippen molar-refractivity contribution in [3.8, 4) is 11.5 Å². The molecule has 24 heavy (non-hydrogen) atoms. The van der Waals surface area contributed by atoms with Gasteiger partial charge in [0.05, 0.1) is 18.4 Å². The van der Waals surface area contributed by atoms with Gasteiger partial charge in [-0.25, -0.2) is 0 Å². The largest absolute Gasteiger partial charge is 0.493 e. The summed E-state index contributed by atoms with van der Waals surface area (Å²) in [6.07, 6.45) is -0.713. The molecule has 2 N–H and O–H groups in total. The molecule has 0 unspecified atom stereocenters. The predicted molar refractivity (Wildman–Crippen MR) is 84.6 cm³/mol. The first-order valence-electron chi connectivity index (χ1n) is 7.30. The van der Waals surface area contributed by atoms with Crippen LogP contribution in [0.2, 0.25) is 0 Å². The number of hydrogen-bond acceptors (Lipinski definition) is 4. The number of carbonyl (C=O) groups is 1. The van der Waals surface area contributed by atoms with Crippen LogP contribution in [0.4, 0.5) is 14.5 Å². The highest BCUT2D eigenvalue weighted by Crippen LogP contribution is 2.38. The third kappa shape index (κ3) is 2.84. The summed E-state index contributed by atoms with van der Waals surface area (Å²) in [5.41, 5.74) is 2.41. The van der Waals surface area contributed by atoms with E-state index in [2.05, 4.69) is 15.4 Å². The van der Waals surface area contributed by atoms with Gasteiger partial charge in [0.2, 0.25) is 0 Å². The van der Waals surface area contributed by atoms with E-state index < -0.39 is 12.8 Å². The van der Waals surface area contributed by atoms with Crippen LogP contribution >= 0.6 is 0 Å². The van der Waals surface area contributed by atoms with Gasteiger partial charge in [0.1, 0.15) is 6.17 Å². The number of halogens is 2. The number of carbonyl (C=O) groups excluding carboxylic acids is 1. The number of aryl methyl sites for hydroxylation is 1. The molecule has 1 aliphatic heterocycles. The Labute approximate surface area is 137 Å². The molecule has 1 amide bonds. The third-order valence-corrected chi connectivity index (χ3v) is 3.83. The number of nitrogens with one attached hydrogen (secondary N) is 2. The number of rotatable bonds is 4. The van der Waals surface area contributed by atoms with Crippen molar-refractivity contribution < 1.29 is 23.0 Å². The molecule has 0 radical (unpaired) electrons. The fourth-order valence-electron chi connectivity index (χ4n) is 2.73. The van der Waals surface area contributed by atoms with Gasteiger partial charge in [-0.2, -0.15) is 8.78 Å². The van der Waals surface area contributed by atoms with Crippen molar-refractivity contribution in [2.45, 2.75) is 19.7 Å². The monoisotopic (exact) mass is 334 g/mol. The molecule has 1 atom stereocenters. The topological polar surface area (TPSA) is 59.6 Å². The molecule has 0 aromatic heterocycles. The minimum Gasteiger partial charge on any atom is -0.493 e. The van der Waals surface area contributed by atoms with Crippen LogP contribution in [0.25, 0.3) is 0 Å². The van der Waals surface area contributed by atoms with Crippen molar-refractivity contribution in [3.05, 3.63) is 53.1 Å². The Morgan fingerprint density at radius 3 is 2.58 bits per heavy atom. The van der Waals surface area contributed by atoms with Crippen molar-refractivity contribution >= 4 is 11.6 Å². The molecule has 5 nitrogen and oxygen atoms in total. The molecule has 0 fully saturated rings. The molecule has 1 heterocycles. The summed E-state index contributed by atoms with van der Waals surface area (Å²) < 4.78 is 35.3. The van der Waals surface area contributed by atoms with Gasteiger partial charge in [-0.1, -0.05) is 24.3 Å². The van der Waals surface area contributed by atoms with Crippen molar-refractivity contribution in [1.29, 1.82) is 0 Å². The van der Waals surface area contributed by atoms with Gasteiger partial charge in [-0.05, 0) is 24.6 Å². The number of ether oxygens (including phenoxy) is 2. The molecule has 2 aromatic carbocycles. The molecule has 0 bridgehead atoms. The lowest BCUT2D eigenvalue weighted by Gasteiger charge is -2.30. The second kappa shape index (κ2) is 6.35. The van der Waals surface area contributed by atoms with Gasteiger partial charge in [-0.3, -0.25) is 4.79 Å². The van der Waals surface area contributed by atoms with Crippen molar-refractivity contribution in [1.82, 2.24) is 5.32 Å². The van der Waals surface area contributed by atoms with Crippen molar-refractivity contribution in [2.24, 2.45) is 0 Å². The number of benzene rings is 2. The van der Waals surface area contributed by atoms with Crippen LogP contribution in [-0.4, -0.2) is 19.6 Å². The third-order valence-electron chi connectivity index (χ3n) is 3.83.